The van der Waals surface area contributed by atoms with Crippen LogP contribution in [0, 0.1) is 0 Å². The van der Waals surface area contributed by atoms with Crippen molar-refractivity contribution in [1.82, 2.24) is 5.32 Å². The van der Waals surface area contributed by atoms with Crippen molar-refractivity contribution >= 4 is 29.3 Å². The van der Waals surface area contributed by atoms with E-state index in [0.29, 0.717) is 16.5 Å². The predicted octanol–water partition coefficient (Wildman–Crippen LogP) is 5.96. The Kier molecular flexibility index (Phi) is 6.28. The van der Waals surface area contributed by atoms with Crippen molar-refractivity contribution in [2.24, 2.45) is 0 Å². The molecule has 0 aliphatic heterocycles. The lowest BCUT2D eigenvalue weighted by Gasteiger charge is -2.20. The third kappa shape index (κ3) is 4.17. The molecule has 3 aromatic carbocycles. The molecule has 0 spiro atoms. The van der Waals surface area contributed by atoms with Gasteiger partial charge in [-0.1, -0.05) is 77.8 Å². The number of carbonyl (C=O) groups excluding carboxylic acids is 1. The van der Waals surface area contributed by atoms with Gasteiger partial charge in [-0.25, -0.2) is 4.79 Å². The fourth-order valence-corrected chi connectivity index (χ4v) is 4.27. The van der Waals surface area contributed by atoms with Crippen molar-refractivity contribution in [3.05, 3.63) is 93.5 Å². The van der Waals surface area contributed by atoms with Gasteiger partial charge < -0.3 is 15.2 Å². The van der Waals surface area contributed by atoms with Crippen LogP contribution < -0.4 is 5.32 Å². The second kappa shape index (κ2) is 9.09. The smallest absolute Gasteiger partial charge is 0.407 e. The van der Waals surface area contributed by atoms with E-state index >= 15 is 0 Å². The van der Waals surface area contributed by atoms with E-state index in [9.17, 15) is 9.90 Å². The molecule has 1 unspecified atom stereocenters. The molecule has 0 saturated carbocycles. The SMILES string of the molecule is O=C(NC(CCO)c1ccc(Cl)c(Cl)c1)OCC1c2ccccc2-c2ccccc21. The maximum Gasteiger partial charge on any atom is 0.407 e. The molecule has 0 saturated heterocycles. The monoisotopic (exact) mass is 441 g/mol. The van der Waals surface area contributed by atoms with E-state index in [-0.39, 0.29) is 19.1 Å². The van der Waals surface area contributed by atoms with Crippen molar-refractivity contribution in [2.45, 2.75) is 18.4 Å². The van der Waals surface area contributed by atoms with E-state index in [2.05, 4.69) is 29.6 Å². The van der Waals surface area contributed by atoms with E-state index in [1.165, 1.54) is 11.1 Å². The van der Waals surface area contributed by atoms with Crippen molar-refractivity contribution in [1.29, 1.82) is 0 Å². The van der Waals surface area contributed by atoms with Crippen molar-refractivity contribution in [2.75, 3.05) is 13.2 Å². The molecule has 6 heteroatoms. The summed E-state index contributed by atoms with van der Waals surface area (Å²) in [7, 11) is 0. The Morgan fingerprint density at radius 2 is 1.60 bits per heavy atom. The molecule has 1 aliphatic carbocycles. The molecule has 0 radical (unpaired) electrons. The van der Waals surface area contributed by atoms with Crippen LogP contribution in [0.2, 0.25) is 10.0 Å². The summed E-state index contributed by atoms with van der Waals surface area (Å²) in [5.41, 5.74) is 5.42. The Labute approximate surface area is 185 Å². The molecule has 4 nitrogen and oxygen atoms in total. The van der Waals surface area contributed by atoms with E-state index in [1.807, 2.05) is 24.3 Å². The number of aliphatic hydroxyl groups is 1. The van der Waals surface area contributed by atoms with Crippen molar-refractivity contribution in [3.63, 3.8) is 0 Å². The molecular weight excluding hydrogens is 421 g/mol. The fraction of sp³-hybridized carbons (Fsp3) is 0.208. The standard InChI is InChI=1S/C24H21Cl2NO3/c25-21-10-9-15(13-22(21)26)23(11-12-28)27-24(29)30-14-20-18-7-3-1-5-16(18)17-6-2-4-8-19(17)20/h1-10,13,20,23,28H,11-12,14H2,(H,27,29). The van der Waals surface area contributed by atoms with Gasteiger partial charge in [-0.05, 0) is 46.4 Å². The first kappa shape index (κ1) is 20.7. The first-order valence-electron chi connectivity index (χ1n) is 9.76. The van der Waals surface area contributed by atoms with Crippen LogP contribution in [0.4, 0.5) is 4.79 Å². The molecule has 3 aromatic rings. The maximum atomic E-state index is 12.6. The summed E-state index contributed by atoms with van der Waals surface area (Å²) in [6, 6.07) is 21.1. The minimum absolute atomic E-state index is 0.00980. The van der Waals surface area contributed by atoms with Crippen LogP contribution in [-0.2, 0) is 4.74 Å². The zero-order valence-electron chi connectivity index (χ0n) is 16.1. The van der Waals surface area contributed by atoms with Crippen LogP contribution in [0.25, 0.3) is 11.1 Å². The summed E-state index contributed by atoms with van der Waals surface area (Å²) in [4.78, 5) is 12.6. The van der Waals surface area contributed by atoms with Gasteiger partial charge >= 0.3 is 6.09 Å². The Balaban J connectivity index is 1.47. The van der Waals surface area contributed by atoms with Gasteiger partial charge in [-0.2, -0.15) is 0 Å². The van der Waals surface area contributed by atoms with Crippen molar-refractivity contribution < 1.29 is 14.6 Å². The van der Waals surface area contributed by atoms with E-state index in [4.69, 9.17) is 27.9 Å². The Hall–Kier alpha value is -2.53. The lowest BCUT2D eigenvalue weighted by atomic mass is 9.98. The summed E-state index contributed by atoms with van der Waals surface area (Å²) in [5, 5.41) is 13.1. The average molecular weight is 442 g/mol. The number of amides is 1. The zero-order valence-corrected chi connectivity index (χ0v) is 17.7. The largest absolute Gasteiger partial charge is 0.449 e. The van der Waals surface area contributed by atoms with E-state index in [0.717, 1.165) is 16.7 Å². The molecule has 0 fully saturated rings. The molecule has 0 heterocycles. The highest BCUT2D eigenvalue weighted by Gasteiger charge is 2.29. The highest BCUT2D eigenvalue weighted by Crippen LogP contribution is 2.44. The summed E-state index contributed by atoms with van der Waals surface area (Å²) in [6.45, 7) is 0.141. The number of nitrogens with one attached hydrogen (secondary N) is 1. The Bertz CT molecular complexity index is 1020. The molecule has 154 valence electrons. The van der Waals surface area contributed by atoms with Gasteiger partial charge in [0.1, 0.15) is 6.61 Å². The van der Waals surface area contributed by atoms with Crippen LogP contribution in [0.1, 0.15) is 35.1 Å². The lowest BCUT2D eigenvalue weighted by Crippen LogP contribution is -2.31. The number of hydrogen-bond acceptors (Lipinski definition) is 3. The predicted molar refractivity (Wildman–Crippen MR) is 119 cm³/mol. The van der Waals surface area contributed by atoms with Gasteiger partial charge in [0.2, 0.25) is 0 Å². The van der Waals surface area contributed by atoms with Gasteiger partial charge in [0.15, 0.2) is 0 Å². The molecule has 1 aliphatic rings. The third-order valence-electron chi connectivity index (χ3n) is 5.40. The molecule has 2 N–H and O–H groups in total. The lowest BCUT2D eigenvalue weighted by molar-refractivity contribution is 0.136. The summed E-state index contributed by atoms with van der Waals surface area (Å²) >= 11 is 12.1. The van der Waals surface area contributed by atoms with Crippen LogP contribution >= 0.6 is 23.2 Å². The fourth-order valence-electron chi connectivity index (χ4n) is 3.96. The first-order chi connectivity index (χ1) is 14.6. The topological polar surface area (TPSA) is 58.6 Å². The minimum Gasteiger partial charge on any atom is -0.449 e. The molecular formula is C24H21Cl2NO3. The molecule has 1 amide bonds. The van der Waals surface area contributed by atoms with Gasteiger partial charge in [0.25, 0.3) is 0 Å². The molecule has 4 rings (SSSR count). The summed E-state index contributed by atoms with van der Waals surface area (Å²) in [6.07, 6.45) is -0.205. The quantitative estimate of drug-likeness (QED) is 0.496. The van der Waals surface area contributed by atoms with Crippen molar-refractivity contribution in [3.8, 4) is 11.1 Å². The summed E-state index contributed by atoms with van der Waals surface area (Å²) in [5.74, 6) is -0.00980. The summed E-state index contributed by atoms with van der Waals surface area (Å²) < 4.78 is 5.60. The number of rotatable bonds is 6. The number of alkyl carbamates (subject to hydrolysis) is 1. The zero-order chi connectivity index (χ0) is 21.1. The van der Waals surface area contributed by atoms with Crippen LogP contribution in [0.15, 0.2) is 66.7 Å². The normalized spacial score (nSPS) is 13.4. The second-order valence-corrected chi connectivity index (χ2v) is 8.02. The first-order valence-corrected chi connectivity index (χ1v) is 10.5. The number of hydrogen-bond donors (Lipinski definition) is 2. The van der Waals surface area contributed by atoms with E-state index < -0.39 is 12.1 Å². The number of fused-ring (bicyclic) bond motifs is 3. The number of benzene rings is 3. The third-order valence-corrected chi connectivity index (χ3v) is 6.14. The highest BCUT2D eigenvalue weighted by molar-refractivity contribution is 6.42. The highest BCUT2D eigenvalue weighted by atomic mass is 35.5. The van der Waals surface area contributed by atoms with Crippen LogP contribution in [0.3, 0.4) is 0 Å². The Morgan fingerprint density at radius 3 is 2.20 bits per heavy atom. The van der Waals surface area contributed by atoms with Gasteiger partial charge in [0.05, 0.1) is 16.1 Å². The molecule has 30 heavy (non-hydrogen) atoms. The van der Waals surface area contributed by atoms with Gasteiger partial charge in [0, 0.05) is 12.5 Å². The van der Waals surface area contributed by atoms with Gasteiger partial charge in [-0.3, -0.25) is 0 Å². The van der Waals surface area contributed by atoms with Crippen LogP contribution in [0.5, 0.6) is 0 Å². The molecule has 0 bridgehead atoms. The maximum absolute atomic E-state index is 12.6. The Morgan fingerprint density at radius 1 is 0.967 bits per heavy atom. The van der Waals surface area contributed by atoms with Gasteiger partial charge in [-0.15, -0.1) is 0 Å². The second-order valence-electron chi connectivity index (χ2n) is 7.21. The average Bonchev–Trinajstić information content (AvgIpc) is 3.08. The number of halogens is 2. The van der Waals surface area contributed by atoms with E-state index in [1.54, 1.807) is 18.2 Å². The van der Waals surface area contributed by atoms with Crippen LogP contribution in [-0.4, -0.2) is 24.4 Å². The molecule has 0 aromatic heterocycles. The number of carbonyl (C=O) groups is 1. The number of aliphatic hydroxyl groups excluding tert-OH is 1. The minimum atomic E-state index is -0.540. The molecule has 1 atom stereocenters. The number of ether oxygens (including phenoxy) is 1.